The lowest BCUT2D eigenvalue weighted by molar-refractivity contribution is -0.165. The van der Waals surface area contributed by atoms with E-state index in [-0.39, 0.29) is 12.3 Å². The van der Waals surface area contributed by atoms with Crippen molar-refractivity contribution in [3.05, 3.63) is 40.1 Å². The molecule has 1 aromatic rings. The number of hydrogen-bond acceptors (Lipinski definition) is 11. The van der Waals surface area contributed by atoms with Crippen molar-refractivity contribution in [3.8, 4) is 0 Å². The number of amides is 1. The molecule has 1 aromatic heterocycles. The van der Waals surface area contributed by atoms with E-state index in [0.717, 1.165) is 11.3 Å². The fraction of sp³-hybridized carbons (Fsp3) is 0.450. The minimum Gasteiger partial charge on any atom is -0.459 e. The van der Waals surface area contributed by atoms with Gasteiger partial charge in [0.1, 0.15) is 23.4 Å². The predicted molar refractivity (Wildman–Crippen MR) is 110 cm³/mol. The zero-order valence-corrected chi connectivity index (χ0v) is 18.5. The van der Waals surface area contributed by atoms with Crippen molar-refractivity contribution in [2.24, 2.45) is 5.73 Å². The SMILES string of the molecule is CC(=O)O[C@@H]1[C@H](OC(C)=O)[C@@H](COC(=O)C2=CN(C)C=CC2)O[C@@H]1c1nc(C(N)=O)cs1. The maximum atomic E-state index is 12.5. The first-order valence-corrected chi connectivity index (χ1v) is 10.5. The molecule has 2 aliphatic heterocycles. The van der Waals surface area contributed by atoms with Crippen LogP contribution in [0.4, 0.5) is 0 Å². The van der Waals surface area contributed by atoms with E-state index in [4.69, 9.17) is 24.7 Å². The first kappa shape index (κ1) is 23.4. The number of carbonyl (C=O) groups is 4. The number of nitrogens with zero attached hydrogens (tertiary/aromatic N) is 2. The molecule has 1 saturated heterocycles. The molecule has 0 unspecified atom stereocenters. The summed E-state index contributed by atoms with van der Waals surface area (Å²) >= 11 is 1.08. The average molecular weight is 465 g/mol. The van der Waals surface area contributed by atoms with Gasteiger partial charge in [-0.1, -0.05) is 6.08 Å². The third-order valence-electron chi connectivity index (χ3n) is 4.61. The molecule has 1 amide bonds. The lowest BCUT2D eigenvalue weighted by Gasteiger charge is -2.23. The van der Waals surface area contributed by atoms with E-state index < -0.39 is 48.2 Å². The average Bonchev–Trinajstić information content (AvgIpc) is 3.32. The molecule has 0 aliphatic carbocycles. The van der Waals surface area contributed by atoms with Crippen LogP contribution in [0.15, 0.2) is 29.4 Å². The standard InChI is InChI=1S/C20H23N3O8S/c1-10(24)29-15-14(8-28-20(27)12-5-4-6-23(3)7-12)31-17(16(15)30-11(2)25)19-22-13(9-32-19)18(21)26/h4,6-7,9,14-17H,5,8H2,1-3H3,(H2,21,26)/t14-,15-,16-,17+/m1/s1. The molecule has 4 atom stereocenters. The Morgan fingerprint density at radius 2 is 1.91 bits per heavy atom. The minimum absolute atomic E-state index is 0.0236. The first-order valence-electron chi connectivity index (χ1n) is 9.67. The molecule has 11 nitrogen and oxygen atoms in total. The van der Waals surface area contributed by atoms with Crippen LogP contribution < -0.4 is 5.73 Å². The Labute approximate surface area is 187 Å². The highest BCUT2D eigenvalue weighted by Crippen LogP contribution is 2.39. The highest BCUT2D eigenvalue weighted by Gasteiger charge is 2.51. The van der Waals surface area contributed by atoms with Crippen LogP contribution in [0.5, 0.6) is 0 Å². The van der Waals surface area contributed by atoms with Gasteiger partial charge in [0.15, 0.2) is 18.3 Å². The van der Waals surface area contributed by atoms with Gasteiger partial charge >= 0.3 is 17.9 Å². The van der Waals surface area contributed by atoms with Gasteiger partial charge in [-0.15, -0.1) is 11.3 Å². The fourth-order valence-electron chi connectivity index (χ4n) is 3.32. The van der Waals surface area contributed by atoms with Gasteiger partial charge in [-0.3, -0.25) is 14.4 Å². The molecule has 12 heteroatoms. The molecule has 0 spiro atoms. The van der Waals surface area contributed by atoms with Gasteiger partial charge < -0.3 is 29.6 Å². The van der Waals surface area contributed by atoms with Crippen LogP contribution >= 0.6 is 11.3 Å². The summed E-state index contributed by atoms with van der Waals surface area (Å²) in [5, 5.41) is 1.75. The van der Waals surface area contributed by atoms with Crippen LogP contribution in [-0.4, -0.2) is 65.7 Å². The zero-order chi connectivity index (χ0) is 23.4. The Morgan fingerprint density at radius 1 is 1.22 bits per heavy atom. The Balaban J connectivity index is 1.81. The van der Waals surface area contributed by atoms with E-state index in [1.54, 1.807) is 18.1 Å². The summed E-state index contributed by atoms with van der Waals surface area (Å²) in [7, 11) is 1.78. The van der Waals surface area contributed by atoms with E-state index in [1.807, 2.05) is 12.3 Å². The van der Waals surface area contributed by atoms with Crippen molar-refractivity contribution in [1.82, 2.24) is 9.88 Å². The van der Waals surface area contributed by atoms with Gasteiger partial charge in [0, 0.05) is 38.9 Å². The molecule has 3 heterocycles. The molecular formula is C20H23N3O8S. The van der Waals surface area contributed by atoms with Crippen molar-refractivity contribution in [2.45, 2.75) is 44.7 Å². The smallest absolute Gasteiger partial charge is 0.335 e. The van der Waals surface area contributed by atoms with E-state index >= 15 is 0 Å². The Kier molecular flexibility index (Phi) is 7.26. The summed E-state index contributed by atoms with van der Waals surface area (Å²) < 4.78 is 22.1. The van der Waals surface area contributed by atoms with E-state index in [0.29, 0.717) is 17.0 Å². The van der Waals surface area contributed by atoms with Crippen molar-refractivity contribution in [3.63, 3.8) is 0 Å². The number of allylic oxidation sites excluding steroid dienone is 1. The molecular weight excluding hydrogens is 442 g/mol. The predicted octanol–water partition coefficient (Wildman–Crippen LogP) is 0.822. The Hall–Kier alpha value is -3.25. The number of rotatable bonds is 7. The van der Waals surface area contributed by atoms with Gasteiger partial charge in [0.2, 0.25) is 0 Å². The lowest BCUT2D eigenvalue weighted by Crippen LogP contribution is -2.40. The largest absolute Gasteiger partial charge is 0.459 e. The Bertz CT molecular complexity index is 972. The molecule has 1 fully saturated rings. The topological polar surface area (TPSA) is 147 Å². The van der Waals surface area contributed by atoms with Crippen LogP contribution in [0.25, 0.3) is 0 Å². The van der Waals surface area contributed by atoms with Crippen molar-refractivity contribution >= 4 is 35.2 Å². The Morgan fingerprint density at radius 3 is 2.50 bits per heavy atom. The highest BCUT2D eigenvalue weighted by atomic mass is 32.1. The lowest BCUT2D eigenvalue weighted by atomic mass is 10.1. The number of primary amides is 1. The number of carbonyl (C=O) groups excluding carboxylic acids is 4. The minimum atomic E-state index is -1.06. The summed E-state index contributed by atoms with van der Waals surface area (Å²) in [6.45, 7) is 2.14. The van der Waals surface area contributed by atoms with Crippen LogP contribution in [-0.2, 0) is 33.3 Å². The summed E-state index contributed by atoms with van der Waals surface area (Å²) in [6, 6.07) is 0. The second-order valence-electron chi connectivity index (χ2n) is 7.19. The van der Waals surface area contributed by atoms with Gasteiger partial charge in [0.05, 0.1) is 5.57 Å². The summed E-state index contributed by atoms with van der Waals surface area (Å²) in [6.07, 6.45) is 1.69. The van der Waals surface area contributed by atoms with E-state index in [2.05, 4.69) is 4.98 Å². The summed E-state index contributed by atoms with van der Waals surface area (Å²) in [5.41, 5.74) is 5.73. The van der Waals surface area contributed by atoms with E-state index in [9.17, 15) is 19.2 Å². The molecule has 3 rings (SSSR count). The normalized spacial score (nSPS) is 24.6. The van der Waals surface area contributed by atoms with Crippen molar-refractivity contribution < 1.29 is 38.1 Å². The monoisotopic (exact) mass is 465 g/mol. The number of ether oxygens (including phenoxy) is 4. The molecule has 2 N–H and O–H groups in total. The molecule has 0 bridgehead atoms. The molecule has 0 radical (unpaired) electrons. The molecule has 32 heavy (non-hydrogen) atoms. The zero-order valence-electron chi connectivity index (χ0n) is 17.7. The fourth-order valence-corrected chi connectivity index (χ4v) is 4.20. The van der Waals surface area contributed by atoms with Gasteiger partial charge in [-0.05, 0) is 6.20 Å². The van der Waals surface area contributed by atoms with Crippen LogP contribution in [0, 0.1) is 0 Å². The van der Waals surface area contributed by atoms with Crippen molar-refractivity contribution in [1.29, 1.82) is 0 Å². The maximum Gasteiger partial charge on any atom is 0.335 e. The number of nitrogens with two attached hydrogens (primary N) is 1. The van der Waals surface area contributed by atoms with Gasteiger partial charge in [0.25, 0.3) is 5.91 Å². The van der Waals surface area contributed by atoms with E-state index in [1.165, 1.54) is 19.2 Å². The number of hydrogen-bond donors (Lipinski definition) is 1. The molecule has 2 aliphatic rings. The molecule has 172 valence electrons. The summed E-state index contributed by atoms with van der Waals surface area (Å²) in [5.74, 6) is -2.54. The van der Waals surface area contributed by atoms with Crippen LogP contribution in [0.3, 0.4) is 0 Å². The van der Waals surface area contributed by atoms with Crippen LogP contribution in [0.1, 0.15) is 41.9 Å². The second kappa shape index (κ2) is 9.92. The number of esters is 3. The quantitative estimate of drug-likeness (QED) is 0.453. The summed E-state index contributed by atoms with van der Waals surface area (Å²) in [4.78, 5) is 53.2. The third-order valence-corrected chi connectivity index (χ3v) is 5.52. The first-order chi connectivity index (χ1) is 15.2. The molecule has 0 aromatic carbocycles. The van der Waals surface area contributed by atoms with Crippen LogP contribution in [0.2, 0.25) is 0 Å². The molecule has 0 saturated carbocycles. The third kappa shape index (κ3) is 5.51. The number of aromatic nitrogens is 1. The highest BCUT2D eigenvalue weighted by molar-refractivity contribution is 7.09. The van der Waals surface area contributed by atoms with Gasteiger partial charge in [-0.25, -0.2) is 9.78 Å². The second-order valence-corrected chi connectivity index (χ2v) is 8.08. The number of thiazole rings is 1. The maximum absolute atomic E-state index is 12.5. The van der Waals surface area contributed by atoms with Gasteiger partial charge in [-0.2, -0.15) is 0 Å². The van der Waals surface area contributed by atoms with Crippen molar-refractivity contribution in [2.75, 3.05) is 13.7 Å².